The van der Waals surface area contributed by atoms with Gasteiger partial charge >= 0.3 is 0 Å². The Morgan fingerprint density at radius 2 is 1.77 bits per heavy atom. The van der Waals surface area contributed by atoms with Crippen molar-refractivity contribution in [1.29, 1.82) is 0 Å². The Hall–Kier alpha value is -2.60. The molecule has 0 aromatic heterocycles. The topological polar surface area (TPSA) is 61.8 Å². The van der Waals surface area contributed by atoms with E-state index in [9.17, 15) is 9.59 Å². The first kappa shape index (κ1) is 23.1. The number of nitrogens with one attached hydrogen (secondary N) is 1. The zero-order valence-electron chi connectivity index (χ0n) is 19.2. The maximum absolute atomic E-state index is 13.1. The van der Waals surface area contributed by atoms with Crippen molar-refractivity contribution in [2.75, 3.05) is 11.9 Å². The number of hydrogen-bond donors (Lipinski definition) is 1. The Labute approximate surface area is 189 Å². The van der Waals surface area contributed by atoms with Crippen LogP contribution in [0.2, 0.25) is 0 Å². The normalized spacial score (nSPS) is 17.6. The van der Waals surface area contributed by atoms with Crippen molar-refractivity contribution in [2.45, 2.75) is 53.2 Å². The first-order valence-corrected chi connectivity index (χ1v) is 11.5. The molecule has 2 aromatic carbocycles. The first-order chi connectivity index (χ1) is 14.6. The minimum atomic E-state index is -0.464. The summed E-state index contributed by atoms with van der Waals surface area (Å²) in [6, 6.07) is 12.0. The van der Waals surface area contributed by atoms with Crippen LogP contribution in [-0.2, 0) is 9.59 Å². The number of hydrogen-bond acceptors (Lipinski definition) is 4. The van der Waals surface area contributed by atoms with Crippen molar-refractivity contribution < 1.29 is 9.59 Å². The number of anilines is 1. The maximum atomic E-state index is 13.1. The zero-order valence-corrected chi connectivity index (χ0v) is 20.0. The third-order valence-corrected chi connectivity index (χ3v) is 6.50. The second kappa shape index (κ2) is 9.69. The molecule has 3 rings (SSSR count). The molecule has 0 bridgehead atoms. The molecule has 0 aliphatic carbocycles. The van der Waals surface area contributed by atoms with Gasteiger partial charge in [0.15, 0.2) is 5.17 Å². The predicted molar refractivity (Wildman–Crippen MR) is 130 cm³/mol. The van der Waals surface area contributed by atoms with E-state index in [1.807, 2.05) is 50.2 Å². The molecule has 1 aliphatic rings. The zero-order chi connectivity index (χ0) is 22.7. The number of carbonyl (C=O) groups is 2. The van der Waals surface area contributed by atoms with Gasteiger partial charge in [0.1, 0.15) is 5.25 Å². The maximum Gasteiger partial charge on any atom is 0.242 e. The van der Waals surface area contributed by atoms with Crippen LogP contribution in [-0.4, -0.2) is 33.7 Å². The molecular formula is C25H31N3O2S. The smallest absolute Gasteiger partial charge is 0.242 e. The van der Waals surface area contributed by atoms with Gasteiger partial charge in [-0.1, -0.05) is 43.8 Å². The third-order valence-electron chi connectivity index (χ3n) is 5.32. The number of amidine groups is 1. The molecule has 1 N–H and O–H groups in total. The number of rotatable bonds is 6. The lowest BCUT2D eigenvalue weighted by molar-refractivity contribution is -0.128. The average molecular weight is 438 g/mol. The molecule has 2 aromatic rings. The summed E-state index contributed by atoms with van der Waals surface area (Å²) >= 11 is 1.39. The Balaban J connectivity index is 1.79. The van der Waals surface area contributed by atoms with Gasteiger partial charge < -0.3 is 5.32 Å². The van der Waals surface area contributed by atoms with Crippen molar-refractivity contribution in [3.05, 3.63) is 58.7 Å². The summed E-state index contributed by atoms with van der Waals surface area (Å²) in [6.45, 7) is 12.8. The van der Waals surface area contributed by atoms with Gasteiger partial charge in [0.05, 0.1) is 5.69 Å². The van der Waals surface area contributed by atoms with Crippen LogP contribution < -0.4 is 5.32 Å². The Kier molecular flexibility index (Phi) is 7.21. The van der Waals surface area contributed by atoms with Crippen LogP contribution in [0, 0.1) is 33.6 Å². The predicted octanol–water partition coefficient (Wildman–Crippen LogP) is 5.54. The number of aliphatic imine (C=N–C) groups is 1. The largest absolute Gasteiger partial charge is 0.326 e. The van der Waals surface area contributed by atoms with Gasteiger partial charge in [0.2, 0.25) is 11.8 Å². The average Bonchev–Trinajstić information content (AvgIpc) is 2.96. The van der Waals surface area contributed by atoms with E-state index in [0.29, 0.717) is 17.6 Å². The van der Waals surface area contributed by atoms with E-state index < -0.39 is 5.25 Å². The van der Waals surface area contributed by atoms with Crippen molar-refractivity contribution in [2.24, 2.45) is 10.9 Å². The van der Waals surface area contributed by atoms with E-state index in [-0.39, 0.29) is 18.2 Å². The summed E-state index contributed by atoms with van der Waals surface area (Å²) in [7, 11) is 0. The fourth-order valence-corrected chi connectivity index (χ4v) is 4.57. The van der Waals surface area contributed by atoms with E-state index in [2.05, 4.69) is 33.0 Å². The van der Waals surface area contributed by atoms with Gasteiger partial charge in [-0.05, 0) is 74.1 Å². The second-order valence-electron chi connectivity index (χ2n) is 8.68. The SMILES string of the molecule is Cc1ccc(C)c(NC(=O)CC2SC(=Nc3ccc(C)c(C)c3)N(CC(C)C)C2=O)c1. The van der Waals surface area contributed by atoms with Crippen molar-refractivity contribution in [3.8, 4) is 0 Å². The molecule has 1 heterocycles. The van der Waals surface area contributed by atoms with Crippen LogP contribution in [0.25, 0.3) is 0 Å². The number of carbonyl (C=O) groups excluding carboxylic acids is 2. The lowest BCUT2D eigenvalue weighted by Crippen LogP contribution is -2.36. The monoisotopic (exact) mass is 437 g/mol. The summed E-state index contributed by atoms with van der Waals surface area (Å²) in [5.74, 6) is 0.103. The molecule has 1 fully saturated rings. The fourth-order valence-electron chi connectivity index (χ4n) is 3.40. The fraction of sp³-hybridized carbons (Fsp3) is 0.400. The van der Waals surface area contributed by atoms with Crippen molar-refractivity contribution >= 4 is 40.1 Å². The molecule has 1 aliphatic heterocycles. The third kappa shape index (κ3) is 5.76. The van der Waals surface area contributed by atoms with Crippen LogP contribution in [0.1, 0.15) is 42.5 Å². The minimum absolute atomic E-state index is 0.0441. The highest BCUT2D eigenvalue weighted by Gasteiger charge is 2.39. The number of benzene rings is 2. The molecule has 1 saturated heterocycles. The van der Waals surface area contributed by atoms with E-state index >= 15 is 0 Å². The molecule has 1 unspecified atom stereocenters. The van der Waals surface area contributed by atoms with Crippen LogP contribution >= 0.6 is 11.8 Å². The van der Waals surface area contributed by atoms with Crippen molar-refractivity contribution in [1.82, 2.24) is 4.90 Å². The van der Waals surface area contributed by atoms with Crippen molar-refractivity contribution in [3.63, 3.8) is 0 Å². The van der Waals surface area contributed by atoms with Crippen LogP contribution in [0.5, 0.6) is 0 Å². The van der Waals surface area contributed by atoms with Crippen LogP contribution in [0.3, 0.4) is 0 Å². The van der Waals surface area contributed by atoms with E-state index in [1.54, 1.807) is 4.90 Å². The second-order valence-corrected chi connectivity index (χ2v) is 9.85. The standard InChI is InChI=1S/C25H31N3O2S/c1-15(2)14-28-24(30)22(13-23(29)27-21-11-16(3)7-8-18(21)5)31-25(28)26-20-10-9-17(4)19(6)12-20/h7-12,15,22H,13-14H2,1-6H3,(H,27,29). The minimum Gasteiger partial charge on any atom is -0.326 e. The molecule has 0 radical (unpaired) electrons. The van der Waals surface area contributed by atoms with Gasteiger partial charge in [0, 0.05) is 18.7 Å². The molecule has 0 saturated carbocycles. The molecule has 6 heteroatoms. The lowest BCUT2D eigenvalue weighted by Gasteiger charge is -2.18. The summed E-state index contributed by atoms with van der Waals surface area (Å²) in [4.78, 5) is 32.3. The van der Waals surface area contributed by atoms with Gasteiger partial charge in [-0.2, -0.15) is 0 Å². The Morgan fingerprint density at radius 3 is 2.45 bits per heavy atom. The number of nitrogens with zero attached hydrogens (tertiary/aromatic N) is 2. The molecule has 31 heavy (non-hydrogen) atoms. The quantitative estimate of drug-likeness (QED) is 0.646. The highest BCUT2D eigenvalue weighted by Crippen LogP contribution is 2.33. The van der Waals surface area contributed by atoms with Crippen LogP contribution in [0.15, 0.2) is 41.4 Å². The molecule has 0 spiro atoms. The van der Waals surface area contributed by atoms with Gasteiger partial charge in [0.25, 0.3) is 0 Å². The number of amides is 2. The van der Waals surface area contributed by atoms with E-state index in [0.717, 1.165) is 28.1 Å². The molecule has 164 valence electrons. The molecule has 5 nitrogen and oxygen atoms in total. The van der Waals surface area contributed by atoms with Gasteiger partial charge in [-0.25, -0.2) is 4.99 Å². The molecule has 1 atom stereocenters. The lowest BCUT2D eigenvalue weighted by atomic mass is 10.1. The summed E-state index contributed by atoms with van der Waals surface area (Å²) in [6.07, 6.45) is 0.122. The summed E-state index contributed by atoms with van der Waals surface area (Å²) in [5, 5.41) is 3.18. The summed E-state index contributed by atoms with van der Waals surface area (Å²) < 4.78 is 0. The Morgan fingerprint density at radius 1 is 1.06 bits per heavy atom. The molecular weight excluding hydrogens is 406 g/mol. The summed E-state index contributed by atoms with van der Waals surface area (Å²) in [5.41, 5.74) is 6.08. The highest BCUT2D eigenvalue weighted by atomic mass is 32.2. The Bertz CT molecular complexity index is 1030. The number of aryl methyl sites for hydroxylation is 4. The van der Waals surface area contributed by atoms with Gasteiger partial charge in [-0.3, -0.25) is 14.5 Å². The number of thioether (sulfide) groups is 1. The van der Waals surface area contributed by atoms with E-state index in [1.165, 1.54) is 17.3 Å². The highest BCUT2D eigenvalue weighted by molar-refractivity contribution is 8.15. The van der Waals surface area contributed by atoms with E-state index in [4.69, 9.17) is 4.99 Å². The van der Waals surface area contributed by atoms with Gasteiger partial charge in [-0.15, -0.1) is 0 Å². The first-order valence-electron chi connectivity index (χ1n) is 10.6. The van der Waals surface area contributed by atoms with Crippen LogP contribution in [0.4, 0.5) is 11.4 Å². The molecule has 2 amide bonds.